The van der Waals surface area contributed by atoms with E-state index in [2.05, 4.69) is 9.82 Å². The van der Waals surface area contributed by atoms with Crippen molar-refractivity contribution in [1.82, 2.24) is 14.5 Å². The van der Waals surface area contributed by atoms with Crippen LogP contribution < -0.4 is 10.5 Å². The molecular weight excluding hydrogens is 276 g/mol. The first-order valence-electron chi connectivity index (χ1n) is 6.36. The summed E-state index contributed by atoms with van der Waals surface area (Å²) < 4.78 is 28.3. The van der Waals surface area contributed by atoms with Crippen molar-refractivity contribution in [2.24, 2.45) is 5.73 Å². The molecule has 0 aliphatic carbocycles. The van der Waals surface area contributed by atoms with E-state index in [1.807, 2.05) is 37.3 Å². The molecule has 1 aromatic heterocycles. The lowest BCUT2D eigenvalue weighted by Gasteiger charge is -2.13. The molecule has 3 N–H and O–H groups in total. The molecule has 0 bridgehead atoms. The van der Waals surface area contributed by atoms with Gasteiger partial charge in [-0.2, -0.15) is 5.10 Å². The Hall–Kier alpha value is -1.70. The van der Waals surface area contributed by atoms with Gasteiger partial charge >= 0.3 is 0 Å². The molecule has 0 fully saturated rings. The molecule has 20 heavy (non-hydrogen) atoms. The standard InChI is InChI=1S/C13H18N4O2S/c1-2-17-13(8-9-15-17)20(18,19)16-10-12(14)11-6-4-3-5-7-11/h3-9,12,16H,2,10,14H2,1H3. The van der Waals surface area contributed by atoms with Gasteiger partial charge < -0.3 is 5.73 Å². The van der Waals surface area contributed by atoms with Crippen molar-refractivity contribution in [3.05, 3.63) is 48.2 Å². The summed E-state index contributed by atoms with van der Waals surface area (Å²) in [4.78, 5) is 0. The lowest BCUT2D eigenvalue weighted by Crippen LogP contribution is -2.33. The first-order chi connectivity index (χ1) is 9.54. The minimum atomic E-state index is -3.59. The Kier molecular flexibility index (Phi) is 4.53. The molecule has 7 heteroatoms. The van der Waals surface area contributed by atoms with Crippen LogP contribution in [0.2, 0.25) is 0 Å². The maximum absolute atomic E-state index is 12.2. The third-order valence-corrected chi connectivity index (χ3v) is 4.42. The Labute approximate surface area is 118 Å². The van der Waals surface area contributed by atoms with Crippen molar-refractivity contribution in [2.75, 3.05) is 6.54 Å². The first kappa shape index (κ1) is 14.7. The molecule has 0 aliphatic heterocycles. The summed E-state index contributed by atoms with van der Waals surface area (Å²) in [6, 6.07) is 10.5. The lowest BCUT2D eigenvalue weighted by atomic mass is 10.1. The monoisotopic (exact) mass is 294 g/mol. The highest BCUT2D eigenvalue weighted by Gasteiger charge is 2.19. The van der Waals surface area contributed by atoms with Gasteiger partial charge in [-0.3, -0.25) is 4.68 Å². The first-order valence-corrected chi connectivity index (χ1v) is 7.85. The van der Waals surface area contributed by atoms with E-state index in [4.69, 9.17) is 5.73 Å². The molecule has 2 aromatic rings. The lowest BCUT2D eigenvalue weighted by molar-refractivity contribution is 0.538. The van der Waals surface area contributed by atoms with Gasteiger partial charge in [0.1, 0.15) is 0 Å². The van der Waals surface area contributed by atoms with E-state index in [0.29, 0.717) is 6.54 Å². The molecule has 0 aliphatic rings. The third-order valence-electron chi connectivity index (χ3n) is 2.97. The molecule has 2 rings (SSSR count). The van der Waals surface area contributed by atoms with Crippen molar-refractivity contribution in [3.8, 4) is 0 Å². The number of sulfonamides is 1. The minimum absolute atomic E-state index is 0.140. The topological polar surface area (TPSA) is 90.0 Å². The van der Waals surface area contributed by atoms with Crippen LogP contribution in [0.3, 0.4) is 0 Å². The van der Waals surface area contributed by atoms with Crippen molar-refractivity contribution in [1.29, 1.82) is 0 Å². The van der Waals surface area contributed by atoms with Gasteiger partial charge in [0.15, 0.2) is 5.03 Å². The Morgan fingerprint density at radius 2 is 2.00 bits per heavy atom. The van der Waals surface area contributed by atoms with Crippen LogP contribution in [0.4, 0.5) is 0 Å². The fourth-order valence-corrected chi connectivity index (χ4v) is 3.12. The Morgan fingerprint density at radius 3 is 2.65 bits per heavy atom. The summed E-state index contributed by atoms with van der Waals surface area (Å²) >= 11 is 0. The minimum Gasteiger partial charge on any atom is -0.323 e. The summed E-state index contributed by atoms with van der Waals surface area (Å²) in [5.74, 6) is 0. The highest BCUT2D eigenvalue weighted by molar-refractivity contribution is 7.89. The van der Waals surface area contributed by atoms with Crippen LogP contribution in [0.5, 0.6) is 0 Å². The van der Waals surface area contributed by atoms with Crippen LogP contribution in [0.15, 0.2) is 47.6 Å². The fraction of sp³-hybridized carbons (Fsp3) is 0.308. The summed E-state index contributed by atoms with van der Waals surface area (Å²) in [5.41, 5.74) is 6.86. The van der Waals surface area contributed by atoms with Crippen LogP contribution in [-0.4, -0.2) is 24.7 Å². The van der Waals surface area contributed by atoms with Gasteiger partial charge in [0.05, 0.1) is 6.20 Å². The number of aromatic nitrogens is 2. The molecule has 0 amide bonds. The summed E-state index contributed by atoms with van der Waals surface area (Å²) in [6.45, 7) is 2.47. The molecule has 0 saturated carbocycles. The van der Waals surface area contributed by atoms with E-state index < -0.39 is 10.0 Å². The zero-order valence-electron chi connectivity index (χ0n) is 11.2. The number of rotatable bonds is 6. The van der Waals surface area contributed by atoms with Crippen LogP contribution in [-0.2, 0) is 16.6 Å². The number of nitrogens with zero attached hydrogens (tertiary/aromatic N) is 2. The predicted octanol–water partition coefficient (Wildman–Crippen LogP) is 0.881. The second-order valence-electron chi connectivity index (χ2n) is 4.35. The average molecular weight is 294 g/mol. The Morgan fingerprint density at radius 1 is 1.30 bits per heavy atom. The molecule has 0 radical (unpaired) electrons. The number of benzene rings is 1. The summed E-state index contributed by atoms with van der Waals surface area (Å²) in [6.07, 6.45) is 1.47. The van der Waals surface area contributed by atoms with E-state index in [1.165, 1.54) is 16.9 Å². The second-order valence-corrected chi connectivity index (χ2v) is 6.07. The van der Waals surface area contributed by atoms with E-state index in [1.54, 1.807) is 0 Å². The van der Waals surface area contributed by atoms with Gasteiger partial charge in [-0.05, 0) is 18.6 Å². The number of nitrogens with two attached hydrogens (primary N) is 1. The molecule has 1 atom stereocenters. The highest BCUT2D eigenvalue weighted by atomic mass is 32.2. The SMILES string of the molecule is CCn1nccc1S(=O)(=O)NCC(N)c1ccccc1. The molecule has 108 valence electrons. The van der Waals surface area contributed by atoms with E-state index >= 15 is 0 Å². The largest absolute Gasteiger partial charge is 0.323 e. The molecule has 0 spiro atoms. The van der Waals surface area contributed by atoms with E-state index in [0.717, 1.165) is 5.56 Å². The van der Waals surface area contributed by atoms with E-state index in [-0.39, 0.29) is 17.6 Å². The number of nitrogens with one attached hydrogen (secondary N) is 1. The van der Waals surface area contributed by atoms with Crippen LogP contribution in [0, 0.1) is 0 Å². The molecular formula is C13H18N4O2S. The normalized spacial score (nSPS) is 13.3. The van der Waals surface area contributed by atoms with Crippen LogP contribution in [0.1, 0.15) is 18.5 Å². The average Bonchev–Trinajstić information content (AvgIpc) is 2.95. The van der Waals surface area contributed by atoms with Crippen molar-refractivity contribution < 1.29 is 8.42 Å². The quantitative estimate of drug-likeness (QED) is 0.827. The smallest absolute Gasteiger partial charge is 0.257 e. The van der Waals surface area contributed by atoms with Crippen molar-refractivity contribution in [2.45, 2.75) is 24.5 Å². The highest BCUT2D eigenvalue weighted by Crippen LogP contribution is 2.11. The van der Waals surface area contributed by atoms with Gasteiger partial charge in [-0.15, -0.1) is 0 Å². The summed E-state index contributed by atoms with van der Waals surface area (Å²) in [7, 11) is -3.59. The van der Waals surface area contributed by atoms with Gasteiger partial charge in [-0.25, -0.2) is 13.1 Å². The van der Waals surface area contributed by atoms with Gasteiger partial charge in [-0.1, -0.05) is 30.3 Å². The van der Waals surface area contributed by atoms with Crippen molar-refractivity contribution in [3.63, 3.8) is 0 Å². The third kappa shape index (κ3) is 3.24. The predicted molar refractivity (Wildman–Crippen MR) is 76.5 cm³/mol. The Balaban J connectivity index is 2.07. The number of aryl methyl sites for hydroxylation is 1. The maximum atomic E-state index is 12.2. The molecule has 1 unspecified atom stereocenters. The molecule has 1 heterocycles. The van der Waals surface area contributed by atoms with Gasteiger partial charge in [0.25, 0.3) is 10.0 Å². The van der Waals surface area contributed by atoms with Gasteiger partial charge in [0.2, 0.25) is 0 Å². The Bertz CT molecular complexity index is 652. The van der Waals surface area contributed by atoms with Gasteiger partial charge in [0, 0.05) is 19.1 Å². The molecule has 0 saturated heterocycles. The number of hydrogen-bond acceptors (Lipinski definition) is 4. The molecule has 1 aromatic carbocycles. The zero-order valence-corrected chi connectivity index (χ0v) is 12.0. The van der Waals surface area contributed by atoms with Crippen LogP contribution in [0.25, 0.3) is 0 Å². The second kappa shape index (κ2) is 6.17. The molecule has 6 nitrogen and oxygen atoms in total. The summed E-state index contributed by atoms with van der Waals surface area (Å²) in [5, 5.41) is 4.11. The fourth-order valence-electron chi connectivity index (χ4n) is 1.88. The number of hydrogen-bond donors (Lipinski definition) is 2. The maximum Gasteiger partial charge on any atom is 0.257 e. The van der Waals surface area contributed by atoms with E-state index in [9.17, 15) is 8.42 Å². The zero-order chi connectivity index (χ0) is 14.6. The van der Waals surface area contributed by atoms with Crippen LogP contribution >= 0.6 is 0 Å². The van der Waals surface area contributed by atoms with Crippen molar-refractivity contribution >= 4 is 10.0 Å².